The Morgan fingerprint density at radius 3 is 2.77 bits per heavy atom. The number of amidine groups is 1. The van der Waals surface area contributed by atoms with Crippen LogP contribution in [0.25, 0.3) is 0 Å². The van der Waals surface area contributed by atoms with Crippen molar-refractivity contribution in [2.45, 2.75) is 12.8 Å². The second-order valence-corrected chi connectivity index (χ2v) is 3.14. The lowest BCUT2D eigenvalue weighted by atomic mass is 10.3. The summed E-state index contributed by atoms with van der Waals surface area (Å²) in [5, 5.41) is 7.86. The molecule has 1 fully saturated rings. The molecule has 0 saturated carbocycles. The summed E-state index contributed by atoms with van der Waals surface area (Å²) in [4.78, 5) is 9.93. The summed E-state index contributed by atoms with van der Waals surface area (Å²) >= 11 is 0. The molecule has 1 aliphatic heterocycles. The Labute approximate surface area is 77.1 Å². The largest absolute Gasteiger partial charge is 0.355 e. The van der Waals surface area contributed by atoms with E-state index in [4.69, 9.17) is 5.41 Å². The Balaban J connectivity index is 2.13. The van der Waals surface area contributed by atoms with Crippen LogP contribution in [0.5, 0.6) is 0 Å². The maximum absolute atomic E-state index is 7.86. The van der Waals surface area contributed by atoms with Gasteiger partial charge in [-0.2, -0.15) is 0 Å². The Kier molecular flexibility index (Phi) is 2.21. The van der Waals surface area contributed by atoms with Crippen molar-refractivity contribution in [3.8, 4) is 0 Å². The van der Waals surface area contributed by atoms with Crippen LogP contribution in [-0.4, -0.2) is 33.8 Å². The topological polar surface area (TPSA) is 52.9 Å². The van der Waals surface area contributed by atoms with Crippen LogP contribution in [0.3, 0.4) is 0 Å². The van der Waals surface area contributed by atoms with Gasteiger partial charge in [0, 0.05) is 19.3 Å². The summed E-state index contributed by atoms with van der Waals surface area (Å²) in [6.45, 7) is 1.98. The highest BCUT2D eigenvalue weighted by Crippen LogP contribution is 2.10. The zero-order chi connectivity index (χ0) is 9.10. The molecule has 0 aliphatic carbocycles. The highest BCUT2D eigenvalue weighted by Gasteiger charge is 2.16. The van der Waals surface area contributed by atoms with Crippen molar-refractivity contribution < 1.29 is 0 Å². The summed E-state index contributed by atoms with van der Waals surface area (Å²) in [6, 6.07) is 1.78. The molecule has 68 valence electrons. The van der Waals surface area contributed by atoms with Gasteiger partial charge in [-0.1, -0.05) is 0 Å². The number of nitrogens with zero attached hydrogens (tertiary/aromatic N) is 3. The van der Waals surface area contributed by atoms with Crippen LogP contribution in [0.1, 0.15) is 18.5 Å². The van der Waals surface area contributed by atoms with E-state index in [0.29, 0.717) is 5.84 Å². The van der Waals surface area contributed by atoms with E-state index in [9.17, 15) is 0 Å². The first-order chi connectivity index (χ1) is 6.38. The summed E-state index contributed by atoms with van der Waals surface area (Å²) in [6.07, 6.45) is 5.54. The molecule has 2 heterocycles. The first-order valence-corrected chi connectivity index (χ1v) is 4.48. The number of likely N-dealkylation sites (tertiary alicyclic amines) is 1. The lowest BCUT2D eigenvalue weighted by Crippen LogP contribution is -2.28. The zero-order valence-corrected chi connectivity index (χ0v) is 7.40. The molecule has 4 nitrogen and oxygen atoms in total. The molecule has 4 heteroatoms. The van der Waals surface area contributed by atoms with E-state index in [1.54, 1.807) is 12.3 Å². The number of aromatic nitrogens is 2. The smallest absolute Gasteiger partial charge is 0.147 e. The molecule has 1 aromatic rings. The Morgan fingerprint density at radius 2 is 2.15 bits per heavy atom. The van der Waals surface area contributed by atoms with Crippen LogP contribution in [0.15, 0.2) is 18.6 Å². The third-order valence-corrected chi connectivity index (χ3v) is 2.25. The molecule has 1 aliphatic rings. The molecule has 1 N–H and O–H groups in total. The van der Waals surface area contributed by atoms with Crippen molar-refractivity contribution in [1.82, 2.24) is 14.9 Å². The highest BCUT2D eigenvalue weighted by molar-refractivity contribution is 5.94. The average molecular weight is 176 g/mol. The fraction of sp³-hybridized carbons (Fsp3) is 0.444. The first kappa shape index (κ1) is 8.16. The Morgan fingerprint density at radius 1 is 1.38 bits per heavy atom. The summed E-state index contributed by atoms with van der Waals surface area (Å²) in [5.41, 5.74) is 0.719. The standard InChI is InChI=1S/C9H12N4/c10-9(13-5-1-2-6-13)8-3-4-11-7-12-8/h3-4,7,10H,1-2,5-6H2. The summed E-state index contributed by atoms with van der Waals surface area (Å²) in [7, 11) is 0. The molecule has 0 atom stereocenters. The predicted octanol–water partition coefficient (Wildman–Crippen LogP) is 0.898. The number of hydrogen-bond donors (Lipinski definition) is 1. The summed E-state index contributed by atoms with van der Waals surface area (Å²) in [5.74, 6) is 0.528. The highest BCUT2D eigenvalue weighted by atomic mass is 15.2. The molecule has 0 aromatic carbocycles. The Bertz CT molecular complexity index is 290. The van der Waals surface area contributed by atoms with Gasteiger partial charge in [0.15, 0.2) is 0 Å². The third-order valence-electron chi connectivity index (χ3n) is 2.25. The number of hydrogen-bond acceptors (Lipinski definition) is 3. The van der Waals surface area contributed by atoms with Gasteiger partial charge in [-0.15, -0.1) is 0 Å². The SMILES string of the molecule is N=C(c1ccncn1)N1CCCC1. The second kappa shape index (κ2) is 3.51. The van der Waals surface area contributed by atoms with Crippen molar-refractivity contribution in [1.29, 1.82) is 5.41 Å². The van der Waals surface area contributed by atoms with Gasteiger partial charge in [-0.3, -0.25) is 5.41 Å². The lowest BCUT2D eigenvalue weighted by molar-refractivity contribution is 0.515. The van der Waals surface area contributed by atoms with Gasteiger partial charge >= 0.3 is 0 Å². The van der Waals surface area contributed by atoms with Gasteiger partial charge in [0.2, 0.25) is 0 Å². The first-order valence-electron chi connectivity index (χ1n) is 4.48. The Hall–Kier alpha value is -1.45. The zero-order valence-electron chi connectivity index (χ0n) is 7.40. The minimum atomic E-state index is 0.528. The molecule has 0 amide bonds. The van der Waals surface area contributed by atoms with Crippen molar-refractivity contribution in [2.24, 2.45) is 0 Å². The molecular formula is C9H12N4. The van der Waals surface area contributed by atoms with E-state index in [-0.39, 0.29) is 0 Å². The molecule has 2 rings (SSSR count). The van der Waals surface area contributed by atoms with Gasteiger partial charge in [-0.05, 0) is 18.9 Å². The van der Waals surface area contributed by atoms with E-state index in [1.165, 1.54) is 19.2 Å². The monoisotopic (exact) mass is 176 g/mol. The van der Waals surface area contributed by atoms with Crippen LogP contribution in [0.2, 0.25) is 0 Å². The van der Waals surface area contributed by atoms with Crippen molar-refractivity contribution >= 4 is 5.84 Å². The predicted molar refractivity (Wildman–Crippen MR) is 49.7 cm³/mol. The van der Waals surface area contributed by atoms with E-state index in [0.717, 1.165) is 18.8 Å². The van der Waals surface area contributed by atoms with Crippen LogP contribution in [-0.2, 0) is 0 Å². The number of rotatable bonds is 1. The second-order valence-electron chi connectivity index (χ2n) is 3.14. The molecular weight excluding hydrogens is 164 g/mol. The maximum atomic E-state index is 7.86. The number of nitrogens with one attached hydrogen (secondary N) is 1. The minimum Gasteiger partial charge on any atom is -0.355 e. The van der Waals surface area contributed by atoms with Gasteiger partial charge in [-0.25, -0.2) is 9.97 Å². The van der Waals surface area contributed by atoms with E-state index >= 15 is 0 Å². The van der Waals surface area contributed by atoms with Gasteiger partial charge < -0.3 is 4.90 Å². The minimum absolute atomic E-state index is 0.528. The van der Waals surface area contributed by atoms with Gasteiger partial charge in [0.1, 0.15) is 17.9 Å². The molecule has 13 heavy (non-hydrogen) atoms. The van der Waals surface area contributed by atoms with Crippen LogP contribution >= 0.6 is 0 Å². The van der Waals surface area contributed by atoms with Crippen molar-refractivity contribution in [2.75, 3.05) is 13.1 Å². The molecule has 0 radical (unpaired) electrons. The molecule has 0 unspecified atom stereocenters. The van der Waals surface area contributed by atoms with Crippen LogP contribution in [0, 0.1) is 5.41 Å². The van der Waals surface area contributed by atoms with Crippen molar-refractivity contribution in [3.05, 3.63) is 24.3 Å². The van der Waals surface area contributed by atoms with E-state index < -0.39 is 0 Å². The third kappa shape index (κ3) is 1.66. The van der Waals surface area contributed by atoms with E-state index in [1.807, 2.05) is 0 Å². The maximum Gasteiger partial charge on any atom is 0.147 e. The molecule has 1 aromatic heterocycles. The lowest BCUT2D eigenvalue weighted by Gasteiger charge is -2.16. The van der Waals surface area contributed by atoms with E-state index in [2.05, 4.69) is 14.9 Å². The normalized spacial score (nSPS) is 16.2. The molecule has 0 spiro atoms. The average Bonchev–Trinajstić information content (AvgIpc) is 2.71. The summed E-state index contributed by atoms with van der Waals surface area (Å²) < 4.78 is 0. The quantitative estimate of drug-likeness (QED) is 0.511. The molecule has 0 bridgehead atoms. The van der Waals surface area contributed by atoms with Gasteiger partial charge in [0.25, 0.3) is 0 Å². The van der Waals surface area contributed by atoms with Crippen LogP contribution in [0.4, 0.5) is 0 Å². The van der Waals surface area contributed by atoms with Crippen molar-refractivity contribution in [3.63, 3.8) is 0 Å². The van der Waals surface area contributed by atoms with Gasteiger partial charge in [0.05, 0.1) is 0 Å². The molecule has 1 saturated heterocycles. The van der Waals surface area contributed by atoms with Crippen LogP contribution < -0.4 is 0 Å². The fourth-order valence-corrected chi connectivity index (χ4v) is 1.53. The fourth-order valence-electron chi connectivity index (χ4n) is 1.53.